The van der Waals surface area contributed by atoms with Crippen LogP contribution in [0.3, 0.4) is 0 Å². The molecule has 1 fully saturated rings. The van der Waals surface area contributed by atoms with E-state index in [-0.39, 0.29) is 12.2 Å². The van der Waals surface area contributed by atoms with Gasteiger partial charge in [-0.2, -0.15) is 0 Å². The van der Waals surface area contributed by atoms with Crippen molar-refractivity contribution in [3.8, 4) is 0 Å². The highest BCUT2D eigenvalue weighted by Gasteiger charge is 2.29. The Balaban J connectivity index is 2.39. The van der Waals surface area contributed by atoms with E-state index < -0.39 is 0 Å². The summed E-state index contributed by atoms with van der Waals surface area (Å²) in [5.41, 5.74) is 0. The van der Waals surface area contributed by atoms with Crippen LogP contribution < -0.4 is 5.32 Å². The third kappa shape index (κ3) is 2.89. The fraction of sp³-hybridized carbons (Fsp3) is 0.909. The number of alkyl carbamates (subject to hydrolysis) is 1. The summed E-state index contributed by atoms with van der Waals surface area (Å²) in [6.45, 7) is 6.94. The van der Waals surface area contributed by atoms with E-state index in [2.05, 4.69) is 19.2 Å². The highest BCUT2D eigenvalue weighted by molar-refractivity contribution is 5.67. The second-order valence-electron chi connectivity index (χ2n) is 4.24. The van der Waals surface area contributed by atoms with Crippen molar-refractivity contribution in [2.45, 2.75) is 46.1 Å². The number of hydrogen-bond acceptors (Lipinski definition) is 2. The highest BCUT2D eigenvalue weighted by Crippen LogP contribution is 2.31. The number of amides is 1. The first-order valence-corrected chi connectivity index (χ1v) is 5.59. The van der Waals surface area contributed by atoms with Crippen molar-refractivity contribution < 1.29 is 9.53 Å². The summed E-state index contributed by atoms with van der Waals surface area (Å²) in [7, 11) is 0. The molecule has 1 aliphatic rings. The summed E-state index contributed by atoms with van der Waals surface area (Å²) >= 11 is 0. The zero-order chi connectivity index (χ0) is 10.6. The molecule has 3 atom stereocenters. The van der Waals surface area contributed by atoms with E-state index in [4.69, 9.17) is 4.74 Å². The van der Waals surface area contributed by atoms with Crippen LogP contribution in [0.15, 0.2) is 0 Å². The molecule has 0 radical (unpaired) electrons. The van der Waals surface area contributed by atoms with Crippen LogP contribution >= 0.6 is 0 Å². The van der Waals surface area contributed by atoms with E-state index in [9.17, 15) is 4.79 Å². The molecule has 0 aromatic rings. The standard InChI is InChI=1S/C11H21NO2/c1-4-12-11(13)14-10-7-5-6-8(2)9(10)3/h8-10H,4-7H2,1-3H3,(H,12,13). The molecule has 1 N–H and O–H groups in total. The molecular formula is C11H21NO2. The Morgan fingerprint density at radius 2 is 2.14 bits per heavy atom. The van der Waals surface area contributed by atoms with Gasteiger partial charge in [0.05, 0.1) is 0 Å². The molecule has 1 amide bonds. The Hall–Kier alpha value is -0.730. The smallest absolute Gasteiger partial charge is 0.407 e. The lowest BCUT2D eigenvalue weighted by Crippen LogP contribution is -2.36. The minimum Gasteiger partial charge on any atom is -0.446 e. The fourth-order valence-corrected chi connectivity index (χ4v) is 2.02. The van der Waals surface area contributed by atoms with Crippen molar-refractivity contribution in [1.82, 2.24) is 5.32 Å². The molecular weight excluding hydrogens is 178 g/mol. The SMILES string of the molecule is CCNC(=O)OC1CCCC(C)C1C. The molecule has 3 unspecified atom stereocenters. The Kier molecular flexibility index (Phi) is 4.23. The molecule has 3 heteroatoms. The quantitative estimate of drug-likeness (QED) is 0.742. The molecule has 0 aliphatic heterocycles. The van der Waals surface area contributed by atoms with Gasteiger partial charge >= 0.3 is 6.09 Å². The van der Waals surface area contributed by atoms with Crippen LogP contribution in [0.5, 0.6) is 0 Å². The lowest BCUT2D eigenvalue weighted by Gasteiger charge is -2.33. The number of carbonyl (C=O) groups is 1. The third-order valence-corrected chi connectivity index (χ3v) is 3.21. The lowest BCUT2D eigenvalue weighted by molar-refractivity contribution is 0.0231. The van der Waals surface area contributed by atoms with Gasteiger partial charge in [0.15, 0.2) is 0 Å². The Labute approximate surface area is 86.2 Å². The van der Waals surface area contributed by atoms with E-state index in [1.807, 2.05) is 6.92 Å². The van der Waals surface area contributed by atoms with Gasteiger partial charge in [-0.25, -0.2) is 4.79 Å². The van der Waals surface area contributed by atoms with Crippen molar-refractivity contribution in [1.29, 1.82) is 0 Å². The Bertz CT molecular complexity index is 194. The average molecular weight is 199 g/mol. The van der Waals surface area contributed by atoms with Crippen LogP contribution in [0, 0.1) is 11.8 Å². The largest absolute Gasteiger partial charge is 0.446 e. The fourth-order valence-electron chi connectivity index (χ4n) is 2.02. The maximum absolute atomic E-state index is 11.2. The minimum absolute atomic E-state index is 0.116. The van der Waals surface area contributed by atoms with Gasteiger partial charge in [-0.05, 0) is 31.6 Å². The van der Waals surface area contributed by atoms with Gasteiger partial charge in [-0.15, -0.1) is 0 Å². The summed E-state index contributed by atoms with van der Waals surface area (Å²) in [5.74, 6) is 1.16. The normalized spacial score (nSPS) is 32.4. The first kappa shape index (κ1) is 11.3. The van der Waals surface area contributed by atoms with Crippen molar-refractivity contribution in [3.63, 3.8) is 0 Å². The summed E-state index contributed by atoms with van der Waals surface area (Å²) in [6, 6.07) is 0. The monoisotopic (exact) mass is 199 g/mol. The van der Waals surface area contributed by atoms with E-state index in [0.29, 0.717) is 18.4 Å². The Morgan fingerprint density at radius 3 is 2.79 bits per heavy atom. The predicted molar refractivity (Wildman–Crippen MR) is 56.1 cm³/mol. The molecule has 0 bridgehead atoms. The molecule has 0 saturated heterocycles. The van der Waals surface area contributed by atoms with Crippen LogP contribution in [-0.4, -0.2) is 18.7 Å². The first-order valence-electron chi connectivity index (χ1n) is 5.59. The van der Waals surface area contributed by atoms with Crippen molar-refractivity contribution in [3.05, 3.63) is 0 Å². The van der Waals surface area contributed by atoms with Crippen LogP contribution in [0.4, 0.5) is 4.79 Å². The highest BCUT2D eigenvalue weighted by atomic mass is 16.6. The number of rotatable bonds is 2. The molecule has 0 aromatic heterocycles. The lowest BCUT2D eigenvalue weighted by atomic mass is 9.79. The molecule has 14 heavy (non-hydrogen) atoms. The third-order valence-electron chi connectivity index (χ3n) is 3.21. The zero-order valence-corrected chi connectivity index (χ0v) is 9.38. The molecule has 0 heterocycles. The number of hydrogen-bond donors (Lipinski definition) is 1. The van der Waals surface area contributed by atoms with Crippen molar-refractivity contribution in [2.24, 2.45) is 11.8 Å². The molecule has 1 aliphatic carbocycles. The van der Waals surface area contributed by atoms with Gasteiger partial charge in [0.1, 0.15) is 6.10 Å². The Morgan fingerprint density at radius 1 is 1.43 bits per heavy atom. The summed E-state index contributed by atoms with van der Waals surface area (Å²) in [5, 5.41) is 2.67. The van der Waals surface area contributed by atoms with E-state index in [1.54, 1.807) is 0 Å². The van der Waals surface area contributed by atoms with Crippen molar-refractivity contribution in [2.75, 3.05) is 6.54 Å². The van der Waals surface area contributed by atoms with Gasteiger partial charge in [0.2, 0.25) is 0 Å². The van der Waals surface area contributed by atoms with Gasteiger partial charge in [-0.1, -0.05) is 20.3 Å². The predicted octanol–water partition coefficient (Wildman–Crippen LogP) is 2.56. The topological polar surface area (TPSA) is 38.3 Å². The van der Waals surface area contributed by atoms with Gasteiger partial charge < -0.3 is 10.1 Å². The van der Waals surface area contributed by atoms with Gasteiger partial charge in [0.25, 0.3) is 0 Å². The molecule has 3 nitrogen and oxygen atoms in total. The average Bonchev–Trinajstić information content (AvgIpc) is 2.13. The molecule has 0 aromatic carbocycles. The van der Waals surface area contributed by atoms with E-state index in [0.717, 1.165) is 6.42 Å². The zero-order valence-electron chi connectivity index (χ0n) is 9.38. The minimum atomic E-state index is -0.265. The van der Waals surface area contributed by atoms with Crippen LogP contribution in [0.1, 0.15) is 40.0 Å². The second-order valence-corrected chi connectivity index (χ2v) is 4.24. The van der Waals surface area contributed by atoms with Gasteiger partial charge in [-0.3, -0.25) is 0 Å². The van der Waals surface area contributed by atoms with Crippen molar-refractivity contribution >= 4 is 6.09 Å². The second kappa shape index (κ2) is 5.23. The van der Waals surface area contributed by atoms with Crippen LogP contribution in [-0.2, 0) is 4.74 Å². The number of carbonyl (C=O) groups excluding carboxylic acids is 1. The van der Waals surface area contributed by atoms with Crippen LogP contribution in [0.2, 0.25) is 0 Å². The molecule has 1 saturated carbocycles. The maximum atomic E-state index is 11.2. The number of ether oxygens (including phenoxy) is 1. The maximum Gasteiger partial charge on any atom is 0.407 e. The molecule has 82 valence electrons. The first-order chi connectivity index (χ1) is 6.65. The van der Waals surface area contributed by atoms with E-state index in [1.165, 1.54) is 12.8 Å². The van der Waals surface area contributed by atoms with E-state index >= 15 is 0 Å². The number of nitrogens with one attached hydrogen (secondary N) is 1. The summed E-state index contributed by atoms with van der Waals surface area (Å²) < 4.78 is 5.36. The van der Waals surface area contributed by atoms with Gasteiger partial charge in [0, 0.05) is 6.54 Å². The molecule has 0 spiro atoms. The summed E-state index contributed by atoms with van der Waals surface area (Å²) in [4.78, 5) is 11.2. The van der Waals surface area contributed by atoms with Crippen LogP contribution in [0.25, 0.3) is 0 Å². The summed E-state index contributed by atoms with van der Waals surface area (Å²) in [6.07, 6.45) is 3.30. The molecule has 1 rings (SSSR count).